The normalized spacial score (nSPS) is 13.9. The molecule has 1 fully saturated rings. The molecule has 6 nitrogen and oxygen atoms in total. The minimum Gasteiger partial charge on any atom is -0.496 e. The smallest absolute Gasteiger partial charge is 0.259 e. The van der Waals surface area contributed by atoms with Crippen LogP contribution in [0.5, 0.6) is 5.75 Å². The van der Waals surface area contributed by atoms with Gasteiger partial charge in [0.05, 0.1) is 19.2 Å². The molecule has 0 saturated carbocycles. The first-order valence-corrected chi connectivity index (χ1v) is 7.95. The summed E-state index contributed by atoms with van der Waals surface area (Å²) >= 11 is 0. The van der Waals surface area contributed by atoms with Crippen molar-refractivity contribution in [1.82, 2.24) is 4.90 Å². The van der Waals surface area contributed by atoms with Crippen molar-refractivity contribution in [1.29, 1.82) is 0 Å². The summed E-state index contributed by atoms with van der Waals surface area (Å²) in [5.74, 6) is -0.0464. The Bertz CT molecular complexity index is 798. The lowest BCUT2D eigenvalue weighted by molar-refractivity contribution is -0.139. The van der Waals surface area contributed by atoms with Gasteiger partial charge in [0.15, 0.2) is 0 Å². The van der Waals surface area contributed by atoms with E-state index in [2.05, 4.69) is 5.32 Å². The van der Waals surface area contributed by atoms with Gasteiger partial charge in [0.25, 0.3) is 5.91 Å². The van der Waals surface area contributed by atoms with Gasteiger partial charge in [-0.3, -0.25) is 19.3 Å². The van der Waals surface area contributed by atoms with Crippen LogP contribution in [0.4, 0.5) is 5.69 Å². The maximum atomic E-state index is 12.4. The van der Waals surface area contributed by atoms with Crippen molar-refractivity contribution in [2.75, 3.05) is 12.4 Å². The summed E-state index contributed by atoms with van der Waals surface area (Å²) in [6, 6.07) is 14.0. The van der Waals surface area contributed by atoms with Gasteiger partial charge >= 0.3 is 0 Å². The van der Waals surface area contributed by atoms with Crippen molar-refractivity contribution in [3.05, 3.63) is 59.7 Å². The van der Waals surface area contributed by atoms with Gasteiger partial charge in [-0.25, -0.2) is 0 Å². The van der Waals surface area contributed by atoms with Crippen LogP contribution in [0.2, 0.25) is 0 Å². The van der Waals surface area contributed by atoms with Gasteiger partial charge in [-0.15, -0.1) is 0 Å². The third-order valence-electron chi connectivity index (χ3n) is 4.06. The fraction of sp³-hybridized carbons (Fsp3) is 0.211. The van der Waals surface area contributed by atoms with Gasteiger partial charge < -0.3 is 10.1 Å². The quantitative estimate of drug-likeness (QED) is 0.850. The summed E-state index contributed by atoms with van der Waals surface area (Å²) in [4.78, 5) is 36.9. The lowest BCUT2D eigenvalue weighted by Gasteiger charge is -2.14. The number of rotatable bonds is 5. The number of likely N-dealkylation sites (tertiary alicyclic amines) is 1. The SMILES string of the molecule is COc1ccccc1C(=O)Nc1ccc(CN2C(=O)CCC2=O)cc1. The Balaban J connectivity index is 1.67. The average Bonchev–Trinajstić information content (AvgIpc) is 2.95. The van der Waals surface area contributed by atoms with Crippen molar-refractivity contribution in [3.8, 4) is 5.75 Å². The molecule has 1 saturated heterocycles. The molecule has 0 radical (unpaired) electrons. The third-order valence-corrected chi connectivity index (χ3v) is 4.06. The molecular weight excluding hydrogens is 320 g/mol. The van der Waals surface area contributed by atoms with E-state index in [1.165, 1.54) is 12.0 Å². The molecule has 2 aromatic carbocycles. The molecule has 1 aliphatic heterocycles. The molecule has 0 atom stereocenters. The molecule has 2 aromatic rings. The van der Waals surface area contributed by atoms with E-state index in [-0.39, 0.29) is 37.1 Å². The molecule has 0 unspecified atom stereocenters. The molecule has 128 valence electrons. The maximum Gasteiger partial charge on any atom is 0.259 e. The number of ether oxygens (including phenoxy) is 1. The van der Waals surface area contributed by atoms with Crippen LogP contribution in [-0.2, 0) is 16.1 Å². The minimum atomic E-state index is -0.268. The van der Waals surface area contributed by atoms with Gasteiger partial charge in [-0.1, -0.05) is 24.3 Å². The van der Waals surface area contributed by atoms with E-state index >= 15 is 0 Å². The fourth-order valence-corrected chi connectivity index (χ4v) is 2.71. The van der Waals surface area contributed by atoms with Crippen LogP contribution in [0.1, 0.15) is 28.8 Å². The molecule has 0 aromatic heterocycles. The number of methoxy groups -OCH3 is 1. The molecule has 3 rings (SSSR count). The lowest BCUT2D eigenvalue weighted by Crippen LogP contribution is -2.28. The topological polar surface area (TPSA) is 75.7 Å². The molecule has 3 amide bonds. The number of carbonyl (C=O) groups excluding carboxylic acids is 3. The predicted octanol–water partition coefficient (Wildman–Crippen LogP) is 2.60. The van der Waals surface area contributed by atoms with Gasteiger partial charge in [0.2, 0.25) is 11.8 Å². The highest BCUT2D eigenvalue weighted by molar-refractivity contribution is 6.06. The zero-order valence-electron chi connectivity index (χ0n) is 13.8. The second-order valence-corrected chi connectivity index (χ2v) is 5.72. The Morgan fingerprint density at radius 2 is 1.68 bits per heavy atom. The number of imide groups is 1. The largest absolute Gasteiger partial charge is 0.496 e. The van der Waals surface area contributed by atoms with Crippen molar-refractivity contribution in [2.24, 2.45) is 0 Å². The van der Waals surface area contributed by atoms with Crippen LogP contribution in [0, 0.1) is 0 Å². The first-order chi connectivity index (χ1) is 12.1. The van der Waals surface area contributed by atoms with E-state index < -0.39 is 0 Å². The van der Waals surface area contributed by atoms with Gasteiger partial charge in [-0.05, 0) is 29.8 Å². The monoisotopic (exact) mass is 338 g/mol. The number of nitrogens with one attached hydrogen (secondary N) is 1. The van der Waals surface area contributed by atoms with Gasteiger partial charge in [-0.2, -0.15) is 0 Å². The highest BCUT2D eigenvalue weighted by atomic mass is 16.5. The van der Waals surface area contributed by atoms with E-state index in [0.717, 1.165) is 5.56 Å². The Morgan fingerprint density at radius 3 is 2.32 bits per heavy atom. The van der Waals surface area contributed by atoms with E-state index in [1.54, 1.807) is 48.5 Å². The molecule has 0 aliphatic carbocycles. The lowest BCUT2D eigenvalue weighted by atomic mass is 10.1. The molecule has 0 bridgehead atoms. The van der Waals surface area contributed by atoms with Crippen LogP contribution in [-0.4, -0.2) is 29.7 Å². The Hall–Kier alpha value is -3.15. The first kappa shape index (κ1) is 16.7. The number of carbonyl (C=O) groups is 3. The summed E-state index contributed by atoms with van der Waals surface area (Å²) in [5.41, 5.74) is 1.90. The van der Waals surface area contributed by atoms with E-state index in [0.29, 0.717) is 17.0 Å². The second-order valence-electron chi connectivity index (χ2n) is 5.72. The molecule has 6 heteroatoms. The molecule has 1 N–H and O–H groups in total. The average molecular weight is 338 g/mol. The minimum absolute atomic E-state index is 0.140. The van der Waals surface area contributed by atoms with Gasteiger partial charge in [0.1, 0.15) is 5.75 Å². The maximum absolute atomic E-state index is 12.4. The van der Waals surface area contributed by atoms with Crippen molar-refractivity contribution in [3.63, 3.8) is 0 Å². The molecular formula is C19H18N2O4. The zero-order valence-corrected chi connectivity index (χ0v) is 13.8. The summed E-state index contributed by atoms with van der Waals surface area (Å²) in [6.45, 7) is 0.262. The van der Waals surface area contributed by atoms with Crippen LogP contribution >= 0.6 is 0 Å². The Kier molecular flexibility index (Phi) is 4.79. The number of nitrogens with zero attached hydrogens (tertiary/aromatic N) is 1. The number of benzene rings is 2. The van der Waals surface area contributed by atoms with Crippen molar-refractivity contribution < 1.29 is 19.1 Å². The highest BCUT2D eigenvalue weighted by Crippen LogP contribution is 2.20. The van der Waals surface area contributed by atoms with Crippen LogP contribution in [0.25, 0.3) is 0 Å². The summed E-state index contributed by atoms with van der Waals surface area (Å²) in [6.07, 6.45) is 0.567. The third kappa shape index (κ3) is 3.68. The number of para-hydroxylation sites is 1. The first-order valence-electron chi connectivity index (χ1n) is 7.95. The van der Waals surface area contributed by atoms with Crippen LogP contribution in [0.3, 0.4) is 0 Å². The number of anilines is 1. The van der Waals surface area contributed by atoms with Gasteiger partial charge in [0, 0.05) is 18.5 Å². The van der Waals surface area contributed by atoms with E-state index in [4.69, 9.17) is 4.74 Å². The van der Waals surface area contributed by atoms with Crippen LogP contribution in [0.15, 0.2) is 48.5 Å². The summed E-state index contributed by atoms with van der Waals surface area (Å²) < 4.78 is 5.19. The predicted molar refractivity (Wildman–Crippen MR) is 92.2 cm³/mol. The van der Waals surface area contributed by atoms with Crippen LogP contribution < -0.4 is 10.1 Å². The Labute approximate surface area is 145 Å². The number of hydrogen-bond donors (Lipinski definition) is 1. The fourth-order valence-electron chi connectivity index (χ4n) is 2.71. The molecule has 1 heterocycles. The van der Waals surface area contributed by atoms with Crippen molar-refractivity contribution >= 4 is 23.4 Å². The summed E-state index contributed by atoms with van der Waals surface area (Å²) in [5, 5.41) is 2.80. The molecule has 1 aliphatic rings. The number of hydrogen-bond acceptors (Lipinski definition) is 4. The molecule has 25 heavy (non-hydrogen) atoms. The summed E-state index contributed by atoms with van der Waals surface area (Å²) in [7, 11) is 1.52. The van der Waals surface area contributed by atoms with E-state index in [1.807, 2.05) is 0 Å². The Morgan fingerprint density at radius 1 is 1.04 bits per heavy atom. The van der Waals surface area contributed by atoms with Crippen molar-refractivity contribution in [2.45, 2.75) is 19.4 Å². The second kappa shape index (κ2) is 7.17. The molecule has 0 spiro atoms. The standard InChI is InChI=1S/C19H18N2O4/c1-25-16-5-3-2-4-15(16)19(24)20-14-8-6-13(7-9-14)12-21-17(22)10-11-18(21)23/h2-9H,10-12H2,1H3,(H,20,24). The van der Waals surface area contributed by atoms with E-state index in [9.17, 15) is 14.4 Å². The zero-order chi connectivity index (χ0) is 17.8. The number of amides is 3. The highest BCUT2D eigenvalue weighted by Gasteiger charge is 2.28.